The second-order valence-corrected chi connectivity index (χ2v) is 10.5. The molecule has 0 aromatic rings. The first-order valence-corrected chi connectivity index (χ1v) is 15.0. The smallest absolute Gasteiger partial charge is 0.333 e. The monoisotopic (exact) mass is 638 g/mol. The molecule has 0 spiro atoms. The average Bonchev–Trinajstić information content (AvgIpc) is 2.99. The van der Waals surface area contributed by atoms with Gasteiger partial charge in [0.1, 0.15) is 12.7 Å². The minimum Gasteiger partial charge on any atom is -0.463 e. The van der Waals surface area contributed by atoms with E-state index in [9.17, 15) is 28.8 Å². The van der Waals surface area contributed by atoms with Crippen LogP contribution in [0.15, 0.2) is 37.0 Å². The maximum Gasteiger partial charge on any atom is 0.333 e. The summed E-state index contributed by atoms with van der Waals surface area (Å²) in [5.41, 5.74) is 0.572. The van der Waals surface area contributed by atoms with Crippen LogP contribution in [0.4, 0.5) is 0 Å². The van der Waals surface area contributed by atoms with Crippen LogP contribution < -0.4 is 0 Å². The third-order valence-corrected chi connectivity index (χ3v) is 6.30. The maximum atomic E-state index is 12.6. The highest BCUT2D eigenvalue weighted by molar-refractivity contribution is 5.87. The second-order valence-electron chi connectivity index (χ2n) is 10.5. The van der Waals surface area contributed by atoms with Crippen molar-refractivity contribution in [2.45, 2.75) is 96.4 Å². The van der Waals surface area contributed by atoms with Gasteiger partial charge in [-0.25, -0.2) is 14.4 Å². The largest absolute Gasteiger partial charge is 0.463 e. The van der Waals surface area contributed by atoms with Crippen LogP contribution in [0.25, 0.3) is 0 Å². The minimum atomic E-state index is -0.871. The SMILES string of the molecule is C=CC(=O)OCCCCC(=O)OCC1C[C@H](OC(=O)CCCCOC(=O)C(=C)C)[C@H](OC(=O)CCCCOC(=O)C(=C)C)CO1. The van der Waals surface area contributed by atoms with Crippen molar-refractivity contribution >= 4 is 35.8 Å². The molecule has 0 amide bonds. The quantitative estimate of drug-likeness (QED) is 0.0731. The average molecular weight is 639 g/mol. The van der Waals surface area contributed by atoms with Crippen LogP contribution in [-0.4, -0.2) is 87.2 Å². The second kappa shape index (κ2) is 22.5. The maximum absolute atomic E-state index is 12.6. The van der Waals surface area contributed by atoms with Gasteiger partial charge >= 0.3 is 35.8 Å². The predicted octanol–water partition coefficient (Wildman–Crippen LogP) is 3.62. The van der Waals surface area contributed by atoms with Gasteiger partial charge in [-0.1, -0.05) is 19.7 Å². The summed E-state index contributed by atoms with van der Waals surface area (Å²) in [5.74, 6) is -3.05. The van der Waals surface area contributed by atoms with E-state index in [2.05, 4.69) is 19.7 Å². The Morgan fingerprint density at radius 2 is 1.13 bits per heavy atom. The molecule has 252 valence electrons. The molecular weight excluding hydrogens is 592 g/mol. The zero-order valence-electron chi connectivity index (χ0n) is 26.3. The summed E-state index contributed by atoms with van der Waals surface area (Å²) in [7, 11) is 0. The fourth-order valence-electron chi connectivity index (χ4n) is 3.80. The number of esters is 6. The molecule has 0 radical (unpaired) electrons. The van der Waals surface area contributed by atoms with Gasteiger partial charge in [-0.2, -0.15) is 0 Å². The molecular formula is C32H46O13. The van der Waals surface area contributed by atoms with Gasteiger partial charge in [-0.3, -0.25) is 14.4 Å². The Labute approximate surface area is 264 Å². The molecule has 1 aliphatic heterocycles. The normalized spacial score (nSPS) is 17.2. The summed E-state index contributed by atoms with van der Waals surface area (Å²) in [5, 5.41) is 0. The summed E-state index contributed by atoms with van der Waals surface area (Å²) in [6.07, 6.45) is 1.74. The summed E-state index contributed by atoms with van der Waals surface area (Å²) < 4.78 is 37.2. The lowest BCUT2D eigenvalue weighted by molar-refractivity contribution is -0.194. The van der Waals surface area contributed by atoms with E-state index in [0.29, 0.717) is 38.5 Å². The molecule has 0 bridgehead atoms. The zero-order chi connectivity index (χ0) is 33.6. The van der Waals surface area contributed by atoms with E-state index in [1.54, 1.807) is 13.8 Å². The molecule has 0 aromatic heterocycles. The first kappa shape index (κ1) is 39.0. The van der Waals surface area contributed by atoms with Crippen LogP contribution in [0.2, 0.25) is 0 Å². The molecule has 13 heteroatoms. The number of hydrogen-bond donors (Lipinski definition) is 0. The lowest BCUT2D eigenvalue weighted by Gasteiger charge is -2.35. The van der Waals surface area contributed by atoms with Crippen LogP contribution in [0.5, 0.6) is 0 Å². The molecule has 1 aliphatic rings. The van der Waals surface area contributed by atoms with Gasteiger partial charge in [0.15, 0.2) is 6.10 Å². The van der Waals surface area contributed by atoms with Crippen LogP contribution in [-0.2, 0) is 61.9 Å². The summed E-state index contributed by atoms with van der Waals surface area (Å²) in [4.78, 5) is 71.2. The number of hydrogen-bond acceptors (Lipinski definition) is 13. The van der Waals surface area contributed by atoms with E-state index in [1.807, 2.05) is 0 Å². The fraction of sp³-hybridized carbons (Fsp3) is 0.625. The van der Waals surface area contributed by atoms with Crippen LogP contribution >= 0.6 is 0 Å². The molecule has 0 N–H and O–H groups in total. The number of unbranched alkanes of at least 4 members (excludes halogenated alkanes) is 3. The van der Waals surface area contributed by atoms with Crippen molar-refractivity contribution in [1.29, 1.82) is 0 Å². The number of carbonyl (C=O) groups excluding carboxylic acids is 6. The van der Waals surface area contributed by atoms with E-state index in [4.69, 9.17) is 33.2 Å². The highest BCUT2D eigenvalue weighted by Crippen LogP contribution is 2.22. The zero-order valence-corrected chi connectivity index (χ0v) is 26.3. The fourth-order valence-corrected chi connectivity index (χ4v) is 3.80. The molecule has 45 heavy (non-hydrogen) atoms. The Bertz CT molecular complexity index is 1050. The molecule has 0 aliphatic carbocycles. The molecule has 1 unspecified atom stereocenters. The van der Waals surface area contributed by atoms with Gasteiger partial charge in [0.05, 0.1) is 32.5 Å². The highest BCUT2D eigenvalue weighted by atomic mass is 16.6. The standard InChI is InChI=1S/C32H46O13/c1-6-27(33)39-16-10-7-13-28(34)43-20-24-19-25(44-29(35)14-8-11-17-40-31(37)22(2)3)26(21-42-24)45-30(36)15-9-12-18-41-32(38)23(4)5/h6,24-26H,1-2,4,7-21H2,3,5H3/t24?,25-,26+/m0/s1. The van der Waals surface area contributed by atoms with E-state index in [1.165, 1.54) is 0 Å². The van der Waals surface area contributed by atoms with E-state index < -0.39 is 54.1 Å². The molecule has 1 rings (SSSR count). The molecule has 3 atom stereocenters. The van der Waals surface area contributed by atoms with Gasteiger partial charge in [0.25, 0.3) is 0 Å². The van der Waals surface area contributed by atoms with Crippen molar-refractivity contribution in [2.24, 2.45) is 0 Å². The third-order valence-electron chi connectivity index (χ3n) is 6.30. The Morgan fingerprint density at radius 3 is 1.62 bits per heavy atom. The van der Waals surface area contributed by atoms with Gasteiger partial charge < -0.3 is 33.2 Å². The third kappa shape index (κ3) is 18.4. The van der Waals surface area contributed by atoms with E-state index in [-0.39, 0.29) is 69.9 Å². The lowest BCUT2D eigenvalue weighted by Crippen LogP contribution is -2.47. The Morgan fingerprint density at radius 1 is 0.667 bits per heavy atom. The number of carbonyl (C=O) groups is 6. The van der Waals surface area contributed by atoms with Gasteiger partial charge in [-0.15, -0.1) is 0 Å². The van der Waals surface area contributed by atoms with Crippen molar-refractivity contribution in [3.05, 3.63) is 37.0 Å². The van der Waals surface area contributed by atoms with Crippen molar-refractivity contribution in [3.63, 3.8) is 0 Å². The Balaban J connectivity index is 2.57. The van der Waals surface area contributed by atoms with E-state index in [0.717, 1.165) is 6.08 Å². The summed E-state index contributed by atoms with van der Waals surface area (Å²) in [6, 6.07) is 0. The van der Waals surface area contributed by atoms with Crippen molar-refractivity contribution in [2.75, 3.05) is 33.0 Å². The van der Waals surface area contributed by atoms with Crippen LogP contribution in [0.1, 0.15) is 78.1 Å². The number of rotatable bonds is 22. The Kier molecular flexibility index (Phi) is 19.5. The van der Waals surface area contributed by atoms with Crippen molar-refractivity contribution < 1.29 is 61.9 Å². The first-order chi connectivity index (χ1) is 21.4. The molecule has 13 nitrogen and oxygen atoms in total. The lowest BCUT2D eigenvalue weighted by atomic mass is 10.0. The first-order valence-electron chi connectivity index (χ1n) is 15.0. The Hall–Kier alpha value is -4.00. The minimum absolute atomic E-state index is 0.0489. The molecule has 1 fully saturated rings. The van der Waals surface area contributed by atoms with Crippen LogP contribution in [0, 0.1) is 0 Å². The van der Waals surface area contributed by atoms with Crippen LogP contribution in [0.3, 0.4) is 0 Å². The van der Waals surface area contributed by atoms with Crippen molar-refractivity contribution in [1.82, 2.24) is 0 Å². The van der Waals surface area contributed by atoms with Gasteiger partial charge in [-0.05, 0) is 52.4 Å². The topological polar surface area (TPSA) is 167 Å². The molecule has 1 heterocycles. The molecule has 1 saturated heterocycles. The highest BCUT2D eigenvalue weighted by Gasteiger charge is 2.37. The summed E-state index contributed by atoms with van der Waals surface area (Å²) >= 11 is 0. The predicted molar refractivity (Wildman–Crippen MR) is 159 cm³/mol. The van der Waals surface area contributed by atoms with Crippen molar-refractivity contribution in [3.8, 4) is 0 Å². The van der Waals surface area contributed by atoms with Gasteiger partial charge in [0, 0.05) is 42.9 Å². The molecule has 0 aromatic carbocycles. The summed E-state index contributed by atoms with van der Waals surface area (Å²) in [6.45, 7) is 13.7. The van der Waals surface area contributed by atoms with E-state index >= 15 is 0 Å². The molecule has 0 saturated carbocycles. The van der Waals surface area contributed by atoms with Gasteiger partial charge in [0.2, 0.25) is 0 Å². The number of ether oxygens (including phenoxy) is 7.